The zero-order chi connectivity index (χ0) is 14.5. The van der Waals surface area contributed by atoms with Gasteiger partial charge in [0.05, 0.1) is 0 Å². The minimum atomic E-state index is 0.535. The molecule has 3 unspecified atom stereocenters. The normalized spacial score (nSPS) is 24.9. The average molecular weight is 295 g/mol. The van der Waals surface area contributed by atoms with E-state index >= 15 is 0 Å². The van der Waals surface area contributed by atoms with Crippen molar-refractivity contribution >= 4 is 11.6 Å². The second-order valence-electron chi connectivity index (χ2n) is 6.19. The van der Waals surface area contributed by atoms with Crippen LogP contribution in [0.25, 0.3) is 0 Å². The van der Waals surface area contributed by atoms with Gasteiger partial charge < -0.3 is 10.6 Å². The van der Waals surface area contributed by atoms with E-state index in [0.717, 1.165) is 18.0 Å². The number of hydrogen-bond donors (Lipinski definition) is 1. The van der Waals surface area contributed by atoms with E-state index in [4.69, 9.17) is 17.3 Å². The van der Waals surface area contributed by atoms with Crippen molar-refractivity contribution in [2.75, 3.05) is 13.6 Å². The summed E-state index contributed by atoms with van der Waals surface area (Å²) >= 11 is 5.95. The van der Waals surface area contributed by atoms with Crippen LogP contribution in [0.2, 0.25) is 5.02 Å². The first kappa shape index (κ1) is 15.8. The van der Waals surface area contributed by atoms with Crippen molar-refractivity contribution in [1.29, 1.82) is 0 Å². The van der Waals surface area contributed by atoms with Crippen LogP contribution in [0.4, 0.5) is 0 Å². The van der Waals surface area contributed by atoms with Crippen LogP contribution in [-0.2, 0) is 6.42 Å². The summed E-state index contributed by atoms with van der Waals surface area (Å²) in [5.74, 6) is 0.668. The summed E-state index contributed by atoms with van der Waals surface area (Å²) in [7, 11) is 2.26. The summed E-state index contributed by atoms with van der Waals surface area (Å²) in [6, 6.07) is 9.41. The number of hydrogen-bond acceptors (Lipinski definition) is 2. The Morgan fingerprint density at radius 3 is 2.55 bits per heavy atom. The van der Waals surface area contributed by atoms with Crippen molar-refractivity contribution in [2.45, 2.75) is 51.1 Å². The van der Waals surface area contributed by atoms with E-state index in [2.05, 4.69) is 31.0 Å². The number of likely N-dealkylation sites (N-methyl/N-ethyl adjacent to an activating group) is 1. The van der Waals surface area contributed by atoms with Crippen LogP contribution in [0.15, 0.2) is 24.3 Å². The molecular weight excluding hydrogens is 268 g/mol. The van der Waals surface area contributed by atoms with E-state index in [-0.39, 0.29) is 0 Å². The Bertz CT molecular complexity index is 404. The van der Waals surface area contributed by atoms with Gasteiger partial charge in [0.1, 0.15) is 0 Å². The van der Waals surface area contributed by atoms with Gasteiger partial charge >= 0.3 is 0 Å². The molecule has 3 heteroatoms. The van der Waals surface area contributed by atoms with Crippen LogP contribution in [0, 0.1) is 5.92 Å². The predicted octanol–water partition coefficient (Wildman–Crippen LogP) is 3.72. The summed E-state index contributed by atoms with van der Waals surface area (Å²) in [5.41, 5.74) is 7.31. The molecule has 0 saturated heterocycles. The molecule has 20 heavy (non-hydrogen) atoms. The predicted molar refractivity (Wildman–Crippen MR) is 87.2 cm³/mol. The number of benzene rings is 1. The van der Waals surface area contributed by atoms with Crippen LogP contribution in [0.1, 0.15) is 38.2 Å². The van der Waals surface area contributed by atoms with Crippen molar-refractivity contribution in [3.05, 3.63) is 34.9 Å². The van der Waals surface area contributed by atoms with Crippen LogP contribution in [-0.4, -0.2) is 30.6 Å². The summed E-state index contributed by atoms with van der Waals surface area (Å²) in [5, 5.41) is 0.810. The molecule has 0 aliphatic heterocycles. The lowest BCUT2D eigenvalue weighted by Gasteiger charge is -2.40. The summed E-state index contributed by atoms with van der Waals surface area (Å²) < 4.78 is 0. The molecule has 1 aliphatic carbocycles. The Hall–Kier alpha value is -0.570. The maximum absolute atomic E-state index is 5.96. The van der Waals surface area contributed by atoms with Gasteiger partial charge in [-0.1, -0.05) is 36.6 Å². The molecule has 2 rings (SSSR count). The number of nitrogens with two attached hydrogens (primary N) is 1. The minimum Gasteiger partial charge on any atom is -0.330 e. The van der Waals surface area contributed by atoms with Crippen molar-refractivity contribution in [2.24, 2.45) is 11.7 Å². The van der Waals surface area contributed by atoms with E-state index in [0.29, 0.717) is 18.0 Å². The first-order chi connectivity index (χ1) is 9.61. The molecular formula is C17H27ClN2. The maximum Gasteiger partial charge on any atom is 0.0406 e. The van der Waals surface area contributed by atoms with Gasteiger partial charge in [0, 0.05) is 17.1 Å². The molecule has 0 aromatic heterocycles. The Kier molecular flexibility index (Phi) is 5.88. The number of rotatable bonds is 5. The largest absolute Gasteiger partial charge is 0.330 e. The Labute approximate surface area is 128 Å². The third-order valence-corrected chi connectivity index (χ3v) is 5.09. The van der Waals surface area contributed by atoms with Crippen molar-refractivity contribution < 1.29 is 0 Å². The summed E-state index contributed by atoms with van der Waals surface area (Å²) in [6.07, 6.45) is 6.35. The molecule has 2 nitrogen and oxygen atoms in total. The third kappa shape index (κ3) is 3.97. The Morgan fingerprint density at radius 2 is 1.90 bits per heavy atom. The maximum atomic E-state index is 5.96. The van der Waals surface area contributed by atoms with Gasteiger partial charge in [-0.3, -0.25) is 0 Å². The topological polar surface area (TPSA) is 29.3 Å². The van der Waals surface area contributed by atoms with E-state index in [1.54, 1.807) is 0 Å². The van der Waals surface area contributed by atoms with Crippen molar-refractivity contribution in [1.82, 2.24) is 4.90 Å². The van der Waals surface area contributed by atoms with Gasteiger partial charge in [0.2, 0.25) is 0 Å². The van der Waals surface area contributed by atoms with Crippen LogP contribution >= 0.6 is 11.6 Å². The monoisotopic (exact) mass is 294 g/mol. The highest BCUT2D eigenvalue weighted by Crippen LogP contribution is 2.28. The third-order valence-electron chi connectivity index (χ3n) is 4.83. The fraction of sp³-hybridized carbons (Fsp3) is 0.647. The van der Waals surface area contributed by atoms with Crippen LogP contribution in [0.3, 0.4) is 0 Å². The average Bonchev–Trinajstić information content (AvgIpc) is 2.48. The first-order valence-electron chi connectivity index (χ1n) is 7.78. The zero-order valence-corrected chi connectivity index (χ0v) is 13.4. The SMILES string of the molecule is CC(Cc1ccc(Cl)cc1)N(C)C1CCCCC1CN. The molecule has 0 heterocycles. The fourth-order valence-electron chi connectivity index (χ4n) is 3.43. The van der Waals surface area contributed by atoms with Crippen LogP contribution in [0.5, 0.6) is 0 Å². The number of halogens is 1. The highest BCUT2D eigenvalue weighted by atomic mass is 35.5. The van der Waals surface area contributed by atoms with Gasteiger partial charge in [-0.15, -0.1) is 0 Å². The number of nitrogens with zero attached hydrogens (tertiary/aromatic N) is 1. The fourth-order valence-corrected chi connectivity index (χ4v) is 3.56. The first-order valence-corrected chi connectivity index (χ1v) is 8.16. The summed E-state index contributed by atoms with van der Waals surface area (Å²) in [6.45, 7) is 3.14. The molecule has 1 aromatic carbocycles. The molecule has 0 radical (unpaired) electrons. The van der Waals surface area contributed by atoms with Gasteiger partial charge in [-0.05, 0) is 63.4 Å². The molecule has 112 valence electrons. The van der Waals surface area contributed by atoms with E-state index in [1.165, 1.54) is 31.2 Å². The smallest absolute Gasteiger partial charge is 0.0406 e. The second kappa shape index (κ2) is 7.44. The van der Waals surface area contributed by atoms with Gasteiger partial charge in [0.25, 0.3) is 0 Å². The van der Waals surface area contributed by atoms with E-state index < -0.39 is 0 Å². The Balaban J connectivity index is 1.96. The minimum absolute atomic E-state index is 0.535. The highest BCUT2D eigenvalue weighted by Gasteiger charge is 2.29. The molecule has 1 saturated carbocycles. The lowest BCUT2D eigenvalue weighted by Crippen LogP contribution is -2.47. The quantitative estimate of drug-likeness (QED) is 0.897. The van der Waals surface area contributed by atoms with Gasteiger partial charge in [-0.25, -0.2) is 0 Å². The molecule has 3 atom stereocenters. The Morgan fingerprint density at radius 1 is 1.25 bits per heavy atom. The molecule has 1 aliphatic rings. The molecule has 1 fully saturated rings. The molecule has 0 spiro atoms. The lowest BCUT2D eigenvalue weighted by atomic mass is 9.83. The van der Waals surface area contributed by atoms with Crippen molar-refractivity contribution in [3.8, 4) is 0 Å². The van der Waals surface area contributed by atoms with Crippen LogP contribution < -0.4 is 5.73 Å². The molecule has 0 amide bonds. The highest BCUT2D eigenvalue weighted by molar-refractivity contribution is 6.30. The van der Waals surface area contributed by atoms with Gasteiger partial charge in [0.15, 0.2) is 0 Å². The second-order valence-corrected chi connectivity index (χ2v) is 6.63. The zero-order valence-electron chi connectivity index (χ0n) is 12.7. The molecule has 0 bridgehead atoms. The standard InChI is InChI=1S/C17H27ClN2/c1-13(11-14-7-9-16(18)10-8-14)20(2)17-6-4-3-5-15(17)12-19/h7-10,13,15,17H,3-6,11-12,19H2,1-2H3. The van der Waals surface area contributed by atoms with E-state index in [9.17, 15) is 0 Å². The van der Waals surface area contributed by atoms with Crippen molar-refractivity contribution in [3.63, 3.8) is 0 Å². The van der Waals surface area contributed by atoms with Gasteiger partial charge in [-0.2, -0.15) is 0 Å². The lowest BCUT2D eigenvalue weighted by molar-refractivity contribution is 0.0988. The van der Waals surface area contributed by atoms with E-state index in [1.807, 2.05) is 12.1 Å². The molecule has 2 N–H and O–H groups in total. The summed E-state index contributed by atoms with van der Waals surface area (Å²) in [4.78, 5) is 2.55. The molecule has 1 aromatic rings.